The maximum absolute atomic E-state index is 11.8. The Morgan fingerprint density at radius 3 is 1.75 bits per heavy atom. The van der Waals surface area contributed by atoms with E-state index < -0.39 is 67.2 Å². The topological polar surface area (TPSA) is 150 Å². The minimum absolute atomic E-state index is 0.0318. The van der Waals surface area contributed by atoms with Gasteiger partial charge in [-0.1, -0.05) is 0 Å². The van der Waals surface area contributed by atoms with E-state index in [-0.39, 0.29) is 12.4 Å². The summed E-state index contributed by atoms with van der Waals surface area (Å²) in [5.74, 6) is -3.58. The summed E-state index contributed by atoms with van der Waals surface area (Å²) in [6.45, 7) is 7.29. The van der Waals surface area contributed by atoms with E-state index in [0.717, 1.165) is 33.8 Å². The maximum atomic E-state index is 11.8. The molecule has 32 heavy (non-hydrogen) atoms. The van der Waals surface area contributed by atoms with Gasteiger partial charge in [-0.25, -0.2) is 4.79 Å². The summed E-state index contributed by atoms with van der Waals surface area (Å²) >= 11 is 0. The minimum atomic E-state index is -1.42. The van der Waals surface area contributed by atoms with Gasteiger partial charge in [0.25, 0.3) is 0 Å². The predicted octanol–water partition coefficient (Wildman–Crippen LogP) is 0.553. The second kappa shape index (κ2) is 12.6. The zero-order valence-corrected chi connectivity index (χ0v) is 18.8. The summed E-state index contributed by atoms with van der Waals surface area (Å²) in [4.78, 5) is 58.1. The van der Waals surface area contributed by atoms with Gasteiger partial charge in [-0.2, -0.15) is 0 Å². The van der Waals surface area contributed by atoms with E-state index in [1.165, 1.54) is 6.92 Å². The summed E-state index contributed by atoms with van der Waals surface area (Å²) in [6, 6.07) is 0. The molecule has 0 saturated carbocycles. The van der Waals surface area contributed by atoms with Gasteiger partial charge in [0.15, 0.2) is 12.2 Å². The Kier molecular flexibility index (Phi) is 10.6. The van der Waals surface area contributed by atoms with Crippen molar-refractivity contribution < 1.29 is 57.1 Å². The Hall–Kier alpha value is -3.15. The van der Waals surface area contributed by atoms with Crippen molar-refractivity contribution >= 4 is 29.8 Å². The highest BCUT2D eigenvalue weighted by atomic mass is 16.7. The van der Waals surface area contributed by atoms with Crippen LogP contribution in [0.3, 0.4) is 0 Å². The fourth-order valence-electron chi connectivity index (χ4n) is 2.85. The fraction of sp³-hybridized carbons (Fsp3) is 0.650. The van der Waals surface area contributed by atoms with Crippen LogP contribution in [0, 0.1) is 0 Å². The zero-order chi connectivity index (χ0) is 24.4. The van der Waals surface area contributed by atoms with Crippen molar-refractivity contribution in [1.82, 2.24) is 0 Å². The molecule has 1 heterocycles. The quantitative estimate of drug-likeness (QED) is 0.205. The third-order valence-electron chi connectivity index (χ3n) is 3.86. The SMILES string of the molecule is CCOC(=O)/C=C(\C)O[C@H]1O[C@H](COC(C)=O)[C@@H](OC(C)=O)[C@H](OC(C)=O)[C@@H]1OC(C)=O. The third-order valence-corrected chi connectivity index (χ3v) is 3.86. The molecule has 0 radical (unpaired) electrons. The van der Waals surface area contributed by atoms with Crippen molar-refractivity contribution in [1.29, 1.82) is 0 Å². The zero-order valence-electron chi connectivity index (χ0n) is 18.8. The number of allylic oxidation sites excluding steroid dienone is 1. The summed E-state index contributed by atoms with van der Waals surface area (Å²) in [5.41, 5.74) is 0. The molecular formula is C20H28O12. The number of hydrogen-bond acceptors (Lipinski definition) is 12. The highest BCUT2D eigenvalue weighted by Gasteiger charge is 2.53. The molecule has 1 aliphatic rings. The second-order valence-corrected chi connectivity index (χ2v) is 6.69. The number of esters is 5. The standard InChI is InChI=1S/C20H28O12/c1-7-26-16(25)8-10(2)28-20-19(31-14(6)24)18(30-13(5)23)17(29-12(4)22)15(32-20)9-27-11(3)21/h8,15,17-20H,7,9H2,1-6H3/b10-8+/t15-,17-,18+,19+,20+/m1/s1. The number of carbonyl (C=O) groups excluding carboxylic acids is 5. The lowest BCUT2D eigenvalue weighted by atomic mass is 9.98. The molecule has 0 unspecified atom stereocenters. The van der Waals surface area contributed by atoms with Crippen LogP contribution in [0.2, 0.25) is 0 Å². The van der Waals surface area contributed by atoms with Gasteiger partial charge in [0.2, 0.25) is 12.4 Å². The summed E-state index contributed by atoms with van der Waals surface area (Å²) in [6.07, 6.45) is -5.58. The van der Waals surface area contributed by atoms with Crippen molar-refractivity contribution in [3.63, 3.8) is 0 Å². The van der Waals surface area contributed by atoms with Gasteiger partial charge in [-0.05, 0) is 13.8 Å². The van der Waals surface area contributed by atoms with Gasteiger partial charge in [-0.15, -0.1) is 0 Å². The third kappa shape index (κ3) is 8.92. The number of ether oxygens (including phenoxy) is 7. The predicted molar refractivity (Wildman–Crippen MR) is 103 cm³/mol. The molecule has 0 aromatic carbocycles. The van der Waals surface area contributed by atoms with E-state index >= 15 is 0 Å². The van der Waals surface area contributed by atoms with Crippen LogP contribution in [0.4, 0.5) is 0 Å². The normalized spacial score (nSPS) is 25.2. The Labute approximate surface area is 185 Å². The fourth-order valence-corrected chi connectivity index (χ4v) is 2.85. The lowest BCUT2D eigenvalue weighted by Crippen LogP contribution is -2.62. The van der Waals surface area contributed by atoms with Crippen LogP contribution in [0.5, 0.6) is 0 Å². The van der Waals surface area contributed by atoms with E-state index in [2.05, 4.69) is 0 Å². The van der Waals surface area contributed by atoms with Crippen molar-refractivity contribution in [2.45, 2.75) is 72.2 Å². The smallest absolute Gasteiger partial charge is 0.334 e. The molecule has 1 saturated heterocycles. The Balaban J connectivity index is 3.35. The van der Waals surface area contributed by atoms with E-state index in [4.69, 9.17) is 33.2 Å². The molecule has 0 bridgehead atoms. The lowest BCUT2D eigenvalue weighted by molar-refractivity contribution is -0.299. The van der Waals surface area contributed by atoms with Crippen LogP contribution in [0.25, 0.3) is 0 Å². The Morgan fingerprint density at radius 1 is 0.719 bits per heavy atom. The lowest BCUT2D eigenvalue weighted by Gasteiger charge is -2.44. The number of hydrogen-bond donors (Lipinski definition) is 0. The monoisotopic (exact) mass is 460 g/mol. The molecule has 1 rings (SSSR count). The molecule has 1 fully saturated rings. The van der Waals surface area contributed by atoms with Gasteiger partial charge in [0.05, 0.1) is 12.7 Å². The van der Waals surface area contributed by atoms with Crippen LogP contribution in [0.1, 0.15) is 41.5 Å². The van der Waals surface area contributed by atoms with E-state index in [0.29, 0.717) is 0 Å². The van der Waals surface area contributed by atoms with Crippen LogP contribution < -0.4 is 0 Å². The number of rotatable bonds is 9. The summed E-state index contributed by atoms with van der Waals surface area (Å²) in [7, 11) is 0. The van der Waals surface area contributed by atoms with Gasteiger partial charge in [-0.3, -0.25) is 19.2 Å². The number of carbonyl (C=O) groups is 5. The summed E-state index contributed by atoms with van der Waals surface area (Å²) < 4.78 is 36.9. The first-order valence-corrected chi connectivity index (χ1v) is 9.76. The highest BCUT2D eigenvalue weighted by Crippen LogP contribution is 2.31. The highest BCUT2D eigenvalue weighted by molar-refractivity contribution is 5.82. The van der Waals surface area contributed by atoms with E-state index in [1.807, 2.05) is 0 Å². The minimum Gasteiger partial charge on any atom is -0.465 e. The summed E-state index contributed by atoms with van der Waals surface area (Å²) in [5, 5.41) is 0. The molecule has 0 N–H and O–H groups in total. The van der Waals surface area contributed by atoms with Gasteiger partial charge in [0.1, 0.15) is 18.5 Å². The first kappa shape index (κ1) is 26.9. The van der Waals surface area contributed by atoms with Crippen molar-refractivity contribution in [2.75, 3.05) is 13.2 Å². The molecule has 5 atom stereocenters. The van der Waals surface area contributed by atoms with Gasteiger partial charge >= 0.3 is 29.8 Å². The largest absolute Gasteiger partial charge is 0.465 e. The van der Waals surface area contributed by atoms with Gasteiger partial charge < -0.3 is 33.2 Å². The van der Waals surface area contributed by atoms with Crippen LogP contribution >= 0.6 is 0 Å². The molecule has 0 spiro atoms. The van der Waals surface area contributed by atoms with Crippen molar-refractivity contribution in [2.24, 2.45) is 0 Å². The van der Waals surface area contributed by atoms with Crippen LogP contribution in [-0.2, 0) is 57.1 Å². The maximum Gasteiger partial charge on any atom is 0.334 e. The molecule has 0 amide bonds. The average molecular weight is 460 g/mol. The van der Waals surface area contributed by atoms with Crippen molar-refractivity contribution in [3.05, 3.63) is 11.8 Å². The Bertz CT molecular complexity index is 743. The average Bonchev–Trinajstić information content (AvgIpc) is 2.63. The first-order chi connectivity index (χ1) is 14.9. The molecule has 12 nitrogen and oxygen atoms in total. The van der Waals surface area contributed by atoms with Crippen LogP contribution in [0.15, 0.2) is 11.8 Å². The molecule has 0 aromatic heterocycles. The molecule has 0 aliphatic carbocycles. The first-order valence-electron chi connectivity index (χ1n) is 9.76. The molecular weight excluding hydrogens is 432 g/mol. The van der Waals surface area contributed by atoms with Gasteiger partial charge in [0, 0.05) is 27.7 Å². The van der Waals surface area contributed by atoms with E-state index in [9.17, 15) is 24.0 Å². The molecule has 0 aromatic rings. The Morgan fingerprint density at radius 2 is 1.25 bits per heavy atom. The van der Waals surface area contributed by atoms with Crippen LogP contribution in [-0.4, -0.2) is 73.8 Å². The van der Waals surface area contributed by atoms with E-state index in [1.54, 1.807) is 6.92 Å². The van der Waals surface area contributed by atoms with Crippen molar-refractivity contribution in [3.8, 4) is 0 Å². The molecule has 180 valence electrons. The second-order valence-electron chi connectivity index (χ2n) is 6.69. The molecule has 12 heteroatoms. The molecule has 1 aliphatic heterocycles.